The lowest BCUT2D eigenvalue weighted by atomic mass is 10.1. The lowest BCUT2D eigenvalue weighted by Crippen LogP contribution is -2.26. The van der Waals surface area contributed by atoms with E-state index in [4.69, 9.17) is 5.26 Å². The fourth-order valence-corrected chi connectivity index (χ4v) is 2.77. The molecular formula is C23H32BrN5. The van der Waals surface area contributed by atoms with Crippen LogP contribution in [0.3, 0.4) is 0 Å². The Morgan fingerprint density at radius 2 is 1.93 bits per heavy atom. The normalized spacial score (nSPS) is 12.1. The Hall–Kier alpha value is -2.39. The van der Waals surface area contributed by atoms with Crippen LogP contribution in [0.4, 0.5) is 0 Å². The van der Waals surface area contributed by atoms with Crippen LogP contribution in [0.2, 0.25) is 0 Å². The van der Waals surface area contributed by atoms with Gasteiger partial charge in [-0.05, 0) is 46.5 Å². The number of allylic oxidation sites excluding steroid dienone is 2. The van der Waals surface area contributed by atoms with Crippen molar-refractivity contribution < 1.29 is 0 Å². The molecule has 0 heterocycles. The van der Waals surface area contributed by atoms with Gasteiger partial charge < -0.3 is 5.32 Å². The number of nitrogens with one attached hydrogen (secondary N) is 1. The maximum Gasteiger partial charge on any atom is 0.124 e. The summed E-state index contributed by atoms with van der Waals surface area (Å²) in [4.78, 5) is 4.46. The predicted molar refractivity (Wildman–Crippen MR) is 127 cm³/mol. The number of aliphatic imine (C=N–C) groups is 1. The minimum absolute atomic E-state index is 0.625. The van der Waals surface area contributed by atoms with E-state index in [1.54, 1.807) is 11.2 Å². The monoisotopic (exact) mass is 457 g/mol. The van der Waals surface area contributed by atoms with Gasteiger partial charge in [-0.2, -0.15) is 10.4 Å². The summed E-state index contributed by atoms with van der Waals surface area (Å²) in [6.45, 7) is 6.64. The molecule has 0 aliphatic carbocycles. The van der Waals surface area contributed by atoms with Gasteiger partial charge in [-0.3, -0.25) is 10.0 Å². The average Bonchev–Trinajstić information content (AvgIpc) is 2.73. The maximum atomic E-state index is 8.95. The van der Waals surface area contributed by atoms with E-state index in [9.17, 15) is 0 Å². The molecular weight excluding hydrogens is 426 g/mol. The van der Waals surface area contributed by atoms with E-state index in [0.29, 0.717) is 16.6 Å². The lowest BCUT2D eigenvalue weighted by Gasteiger charge is -2.20. The molecule has 1 aromatic rings. The molecule has 1 N–H and O–H groups in total. The molecule has 0 bridgehead atoms. The predicted octanol–water partition coefficient (Wildman–Crippen LogP) is 5.75. The Balaban J connectivity index is 2.85. The number of nitrogens with zero attached hydrogens (tertiary/aromatic N) is 4. The summed E-state index contributed by atoms with van der Waals surface area (Å²) in [6.07, 6.45) is 10.8. The van der Waals surface area contributed by atoms with Crippen LogP contribution in [0.1, 0.15) is 56.6 Å². The summed E-state index contributed by atoms with van der Waals surface area (Å²) in [6, 6.07) is 9.70. The van der Waals surface area contributed by atoms with E-state index in [1.165, 1.54) is 25.7 Å². The van der Waals surface area contributed by atoms with Crippen molar-refractivity contribution in [2.24, 2.45) is 10.1 Å². The molecule has 29 heavy (non-hydrogen) atoms. The van der Waals surface area contributed by atoms with Crippen molar-refractivity contribution in [3.05, 3.63) is 58.4 Å². The molecule has 5 nitrogen and oxygen atoms in total. The third-order valence-electron chi connectivity index (χ3n) is 4.40. The Kier molecular flexibility index (Phi) is 12.4. The van der Waals surface area contributed by atoms with Crippen molar-refractivity contribution >= 4 is 27.9 Å². The number of hydrogen-bond donors (Lipinski definition) is 1. The van der Waals surface area contributed by atoms with Crippen molar-refractivity contribution in [1.82, 2.24) is 10.3 Å². The second-order valence-corrected chi connectivity index (χ2v) is 7.80. The molecule has 0 spiro atoms. The van der Waals surface area contributed by atoms with Gasteiger partial charge >= 0.3 is 0 Å². The highest BCUT2D eigenvalue weighted by Gasteiger charge is 2.06. The second kappa shape index (κ2) is 14.6. The van der Waals surface area contributed by atoms with Crippen LogP contribution >= 0.6 is 15.9 Å². The van der Waals surface area contributed by atoms with Crippen molar-refractivity contribution in [3.63, 3.8) is 0 Å². The molecule has 0 amide bonds. The van der Waals surface area contributed by atoms with E-state index in [2.05, 4.69) is 57.0 Å². The maximum absolute atomic E-state index is 8.95. The number of unbranched alkanes of at least 4 members (excludes halogenated alkanes) is 4. The van der Waals surface area contributed by atoms with Gasteiger partial charge in [-0.15, -0.1) is 0 Å². The van der Waals surface area contributed by atoms with Crippen molar-refractivity contribution in [2.45, 2.75) is 52.0 Å². The average molecular weight is 458 g/mol. The van der Waals surface area contributed by atoms with Gasteiger partial charge in [-0.1, -0.05) is 51.3 Å². The van der Waals surface area contributed by atoms with Gasteiger partial charge in [-0.25, -0.2) is 0 Å². The molecule has 0 aliphatic heterocycles. The van der Waals surface area contributed by atoms with Crippen LogP contribution < -0.4 is 5.32 Å². The van der Waals surface area contributed by atoms with Gasteiger partial charge in [0.1, 0.15) is 5.82 Å². The van der Waals surface area contributed by atoms with Crippen molar-refractivity contribution in [3.8, 4) is 6.07 Å². The van der Waals surface area contributed by atoms with Gasteiger partial charge in [0, 0.05) is 36.9 Å². The summed E-state index contributed by atoms with van der Waals surface area (Å²) in [5, 5.41) is 18.6. The molecule has 0 fully saturated rings. The summed E-state index contributed by atoms with van der Waals surface area (Å²) >= 11 is 3.30. The number of hydrazone groups is 1. The first-order valence-corrected chi connectivity index (χ1v) is 10.8. The Morgan fingerprint density at radius 3 is 2.52 bits per heavy atom. The molecule has 0 saturated carbocycles. The SMILES string of the molecule is C=C(Br)/C=N\N(C)/C(=C\C(CCCCCCC)=N/C)NCc1ccc(C#N)cc1. The third-order valence-corrected chi connectivity index (χ3v) is 4.61. The zero-order valence-corrected chi connectivity index (χ0v) is 19.4. The molecule has 0 radical (unpaired) electrons. The lowest BCUT2D eigenvalue weighted by molar-refractivity contribution is 0.408. The number of benzene rings is 1. The summed E-state index contributed by atoms with van der Waals surface area (Å²) < 4.78 is 0.705. The van der Waals surface area contributed by atoms with E-state index < -0.39 is 0 Å². The number of halogens is 1. The van der Waals surface area contributed by atoms with E-state index in [1.807, 2.05) is 38.4 Å². The molecule has 156 valence electrons. The third kappa shape index (κ3) is 10.7. The zero-order chi connectivity index (χ0) is 21.5. The van der Waals surface area contributed by atoms with E-state index in [-0.39, 0.29) is 0 Å². The van der Waals surface area contributed by atoms with Gasteiger partial charge in [0.2, 0.25) is 0 Å². The smallest absolute Gasteiger partial charge is 0.124 e. The first kappa shape index (κ1) is 24.6. The molecule has 0 unspecified atom stereocenters. The molecule has 0 aliphatic rings. The molecule has 0 aromatic heterocycles. The highest BCUT2D eigenvalue weighted by atomic mass is 79.9. The van der Waals surface area contributed by atoms with Gasteiger partial charge in [0.25, 0.3) is 0 Å². The highest BCUT2D eigenvalue weighted by molar-refractivity contribution is 9.12. The quantitative estimate of drug-likeness (QED) is 0.233. The van der Waals surface area contributed by atoms with Gasteiger partial charge in [0.15, 0.2) is 0 Å². The van der Waals surface area contributed by atoms with Crippen LogP contribution in [0.25, 0.3) is 0 Å². The van der Waals surface area contributed by atoms with Gasteiger partial charge in [0.05, 0.1) is 17.8 Å². The molecule has 1 aromatic carbocycles. The topological polar surface area (TPSA) is 63.8 Å². The molecule has 0 saturated heterocycles. The fraction of sp³-hybridized carbons (Fsp3) is 0.435. The highest BCUT2D eigenvalue weighted by Crippen LogP contribution is 2.10. The Labute approximate surface area is 184 Å². The number of nitriles is 1. The second-order valence-electron chi connectivity index (χ2n) is 6.79. The Morgan fingerprint density at radius 1 is 1.24 bits per heavy atom. The molecule has 0 atom stereocenters. The van der Waals surface area contributed by atoms with E-state index in [0.717, 1.165) is 29.9 Å². The molecule has 6 heteroatoms. The first-order chi connectivity index (χ1) is 14.0. The summed E-state index contributed by atoms with van der Waals surface area (Å²) in [5.41, 5.74) is 2.79. The molecule has 1 rings (SSSR count). The number of rotatable bonds is 13. The minimum atomic E-state index is 0.625. The van der Waals surface area contributed by atoms with Crippen LogP contribution in [0.15, 0.2) is 57.3 Å². The van der Waals surface area contributed by atoms with Crippen LogP contribution in [0.5, 0.6) is 0 Å². The van der Waals surface area contributed by atoms with Crippen molar-refractivity contribution in [2.75, 3.05) is 14.1 Å². The van der Waals surface area contributed by atoms with E-state index >= 15 is 0 Å². The van der Waals surface area contributed by atoms with Crippen LogP contribution in [0, 0.1) is 11.3 Å². The van der Waals surface area contributed by atoms with Crippen molar-refractivity contribution in [1.29, 1.82) is 5.26 Å². The zero-order valence-electron chi connectivity index (χ0n) is 17.8. The minimum Gasteiger partial charge on any atom is -0.366 e. The number of hydrogen-bond acceptors (Lipinski definition) is 5. The van der Waals surface area contributed by atoms with Crippen LogP contribution in [-0.2, 0) is 6.54 Å². The van der Waals surface area contributed by atoms with Crippen LogP contribution in [-0.4, -0.2) is 31.0 Å². The largest absolute Gasteiger partial charge is 0.366 e. The fourth-order valence-electron chi connectivity index (χ4n) is 2.68. The summed E-state index contributed by atoms with van der Waals surface area (Å²) in [5.74, 6) is 0.855. The first-order valence-electron chi connectivity index (χ1n) is 10.0. The standard InChI is InChI=1S/C23H32BrN5/c1-5-6-7-8-9-10-22(26-3)15-23(29(4)28-17-19(2)24)27-18-21-13-11-20(16-25)12-14-21/h11-15,17,27H,2,5-10,18H2,1,3-4H3/b23-15-,26-22-,28-17-. The Bertz CT molecular complexity index is 756. The summed E-state index contributed by atoms with van der Waals surface area (Å²) in [7, 11) is 3.72.